The molecule has 0 spiro atoms. The number of benzene rings is 1. The SMILES string of the molecule is CC1(C)CC(NCCc2ccco2)c2ccccc2O1. The van der Waals surface area contributed by atoms with Gasteiger partial charge in [-0.05, 0) is 32.0 Å². The van der Waals surface area contributed by atoms with Crippen LogP contribution in [0.15, 0.2) is 47.1 Å². The van der Waals surface area contributed by atoms with Gasteiger partial charge >= 0.3 is 0 Å². The zero-order valence-electron chi connectivity index (χ0n) is 12.1. The van der Waals surface area contributed by atoms with Gasteiger partial charge in [-0.3, -0.25) is 0 Å². The summed E-state index contributed by atoms with van der Waals surface area (Å²) in [6.45, 7) is 5.19. The first-order valence-corrected chi connectivity index (χ1v) is 7.18. The summed E-state index contributed by atoms with van der Waals surface area (Å²) in [7, 11) is 0. The maximum atomic E-state index is 6.04. The Balaban J connectivity index is 1.69. The highest BCUT2D eigenvalue weighted by Gasteiger charge is 2.32. The Hall–Kier alpha value is -1.74. The third kappa shape index (κ3) is 2.88. The molecule has 106 valence electrons. The van der Waals surface area contributed by atoms with E-state index in [2.05, 4.69) is 37.4 Å². The zero-order chi connectivity index (χ0) is 14.0. The van der Waals surface area contributed by atoms with E-state index in [1.54, 1.807) is 6.26 Å². The third-order valence-corrected chi connectivity index (χ3v) is 3.72. The molecule has 2 aromatic rings. The minimum absolute atomic E-state index is 0.128. The van der Waals surface area contributed by atoms with Crippen LogP contribution in [0.2, 0.25) is 0 Å². The number of rotatable bonds is 4. The van der Waals surface area contributed by atoms with Gasteiger partial charge in [-0.2, -0.15) is 0 Å². The van der Waals surface area contributed by atoms with E-state index in [0.29, 0.717) is 6.04 Å². The third-order valence-electron chi connectivity index (χ3n) is 3.72. The van der Waals surface area contributed by atoms with Crippen LogP contribution < -0.4 is 10.1 Å². The molecule has 0 bridgehead atoms. The second-order valence-corrected chi connectivity index (χ2v) is 5.94. The van der Waals surface area contributed by atoms with Crippen molar-refractivity contribution in [2.45, 2.75) is 38.3 Å². The summed E-state index contributed by atoms with van der Waals surface area (Å²) in [5.41, 5.74) is 1.13. The summed E-state index contributed by atoms with van der Waals surface area (Å²) in [6, 6.07) is 12.6. The lowest BCUT2D eigenvalue weighted by atomic mass is 9.89. The number of furan rings is 1. The molecule has 1 aromatic carbocycles. The highest BCUT2D eigenvalue weighted by Crippen LogP contribution is 2.39. The first-order chi connectivity index (χ1) is 9.64. The summed E-state index contributed by atoms with van der Waals surface area (Å²) < 4.78 is 11.4. The maximum absolute atomic E-state index is 6.04. The molecule has 3 nitrogen and oxygen atoms in total. The van der Waals surface area contributed by atoms with Crippen LogP contribution in [0, 0.1) is 0 Å². The van der Waals surface area contributed by atoms with E-state index < -0.39 is 0 Å². The standard InChI is InChI=1S/C17H21NO2/c1-17(2)12-15(14-7-3-4-8-16(14)20-17)18-10-9-13-6-5-11-19-13/h3-8,11,15,18H,9-10,12H2,1-2H3. The number of fused-ring (bicyclic) bond motifs is 1. The molecule has 1 aliphatic rings. The highest BCUT2D eigenvalue weighted by molar-refractivity contribution is 5.38. The normalized spacial score (nSPS) is 20.2. The van der Waals surface area contributed by atoms with Crippen molar-refractivity contribution in [3.8, 4) is 5.75 Å². The van der Waals surface area contributed by atoms with Crippen molar-refractivity contribution in [2.75, 3.05) is 6.54 Å². The Bertz CT molecular complexity index is 560. The van der Waals surface area contributed by atoms with Gasteiger partial charge in [0.15, 0.2) is 0 Å². The van der Waals surface area contributed by atoms with Crippen molar-refractivity contribution >= 4 is 0 Å². The molecule has 1 aromatic heterocycles. The largest absolute Gasteiger partial charge is 0.487 e. The van der Waals surface area contributed by atoms with E-state index in [1.807, 2.05) is 18.2 Å². The molecule has 1 aliphatic heterocycles. The van der Waals surface area contributed by atoms with Gasteiger partial charge in [-0.1, -0.05) is 18.2 Å². The number of hydrogen-bond acceptors (Lipinski definition) is 3. The smallest absolute Gasteiger partial charge is 0.124 e. The lowest BCUT2D eigenvalue weighted by molar-refractivity contribution is 0.0661. The fourth-order valence-electron chi connectivity index (χ4n) is 2.81. The molecule has 3 rings (SSSR count). The lowest BCUT2D eigenvalue weighted by Gasteiger charge is -2.38. The van der Waals surface area contributed by atoms with Crippen LogP contribution in [0.1, 0.15) is 37.6 Å². The first kappa shape index (κ1) is 13.3. The van der Waals surface area contributed by atoms with Crippen molar-refractivity contribution in [1.82, 2.24) is 5.32 Å². The quantitative estimate of drug-likeness (QED) is 0.920. The van der Waals surface area contributed by atoms with Crippen LogP contribution in [0.4, 0.5) is 0 Å². The topological polar surface area (TPSA) is 34.4 Å². The van der Waals surface area contributed by atoms with Crippen molar-refractivity contribution in [1.29, 1.82) is 0 Å². The first-order valence-electron chi connectivity index (χ1n) is 7.18. The van der Waals surface area contributed by atoms with Gasteiger partial charge in [0.25, 0.3) is 0 Å². The molecular formula is C17H21NO2. The molecule has 0 amide bonds. The molecule has 1 atom stereocenters. The van der Waals surface area contributed by atoms with Crippen LogP contribution in [-0.2, 0) is 6.42 Å². The van der Waals surface area contributed by atoms with Crippen LogP contribution in [0.5, 0.6) is 5.75 Å². The fourth-order valence-corrected chi connectivity index (χ4v) is 2.81. The van der Waals surface area contributed by atoms with Gasteiger partial charge < -0.3 is 14.5 Å². The molecule has 0 radical (unpaired) electrons. The van der Waals surface area contributed by atoms with Gasteiger partial charge in [0, 0.05) is 31.0 Å². The van der Waals surface area contributed by atoms with Crippen molar-refractivity contribution in [3.05, 3.63) is 54.0 Å². The molecule has 0 aliphatic carbocycles. The molecular weight excluding hydrogens is 250 g/mol. The second kappa shape index (κ2) is 5.33. The molecule has 1 unspecified atom stereocenters. The van der Waals surface area contributed by atoms with Crippen molar-refractivity contribution in [3.63, 3.8) is 0 Å². The minimum Gasteiger partial charge on any atom is -0.487 e. The van der Waals surface area contributed by atoms with Crippen LogP contribution in [0.25, 0.3) is 0 Å². The van der Waals surface area contributed by atoms with Gasteiger partial charge in [0.05, 0.1) is 6.26 Å². The Morgan fingerprint density at radius 1 is 1.20 bits per heavy atom. The Morgan fingerprint density at radius 2 is 2.05 bits per heavy atom. The van der Waals surface area contributed by atoms with Crippen LogP contribution >= 0.6 is 0 Å². The Labute approximate surface area is 119 Å². The summed E-state index contributed by atoms with van der Waals surface area (Å²) in [6.07, 6.45) is 3.61. The predicted molar refractivity (Wildman–Crippen MR) is 78.9 cm³/mol. The highest BCUT2D eigenvalue weighted by atomic mass is 16.5. The van der Waals surface area contributed by atoms with Crippen LogP contribution in [0.3, 0.4) is 0 Å². The van der Waals surface area contributed by atoms with Crippen molar-refractivity contribution < 1.29 is 9.15 Å². The molecule has 3 heteroatoms. The van der Waals surface area contributed by atoms with E-state index >= 15 is 0 Å². The van der Waals surface area contributed by atoms with E-state index in [9.17, 15) is 0 Å². The van der Waals surface area contributed by atoms with E-state index in [-0.39, 0.29) is 5.60 Å². The number of ether oxygens (including phenoxy) is 1. The maximum Gasteiger partial charge on any atom is 0.124 e. The monoisotopic (exact) mass is 271 g/mol. The molecule has 0 saturated carbocycles. The molecule has 2 heterocycles. The summed E-state index contributed by atoms with van der Waals surface area (Å²) >= 11 is 0. The van der Waals surface area contributed by atoms with E-state index in [1.165, 1.54) is 5.56 Å². The summed E-state index contributed by atoms with van der Waals surface area (Å²) in [4.78, 5) is 0. The molecule has 0 fully saturated rings. The Morgan fingerprint density at radius 3 is 2.85 bits per heavy atom. The fraction of sp³-hybridized carbons (Fsp3) is 0.412. The second-order valence-electron chi connectivity index (χ2n) is 5.94. The molecule has 0 saturated heterocycles. The van der Waals surface area contributed by atoms with E-state index in [0.717, 1.165) is 30.9 Å². The number of para-hydroxylation sites is 1. The Kier molecular flexibility index (Phi) is 3.53. The average molecular weight is 271 g/mol. The lowest BCUT2D eigenvalue weighted by Crippen LogP contribution is -2.39. The van der Waals surface area contributed by atoms with Gasteiger partial charge in [0.2, 0.25) is 0 Å². The number of hydrogen-bond donors (Lipinski definition) is 1. The predicted octanol–water partition coefficient (Wildman–Crippen LogP) is 3.71. The number of nitrogens with one attached hydrogen (secondary N) is 1. The average Bonchev–Trinajstić information content (AvgIpc) is 2.90. The van der Waals surface area contributed by atoms with Crippen LogP contribution in [-0.4, -0.2) is 12.1 Å². The van der Waals surface area contributed by atoms with Gasteiger partial charge in [-0.25, -0.2) is 0 Å². The summed E-state index contributed by atoms with van der Waals surface area (Å²) in [5, 5.41) is 3.63. The zero-order valence-corrected chi connectivity index (χ0v) is 12.1. The van der Waals surface area contributed by atoms with Crippen molar-refractivity contribution in [2.24, 2.45) is 0 Å². The summed E-state index contributed by atoms with van der Waals surface area (Å²) in [5.74, 6) is 2.02. The van der Waals surface area contributed by atoms with Gasteiger partial charge in [-0.15, -0.1) is 0 Å². The molecule has 20 heavy (non-hydrogen) atoms. The molecule has 1 N–H and O–H groups in total. The van der Waals surface area contributed by atoms with E-state index in [4.69, 9.17) is 9.15 Å². The van der Waals surface area contributed by atoms with Gasteiger partial charge in [0.1, 0.15) is 17.1 Å². The minimum atomic E-state index is -0.128.